The maximum absolute atomic E-state index is 13.4. The number of aryl methyl sites for hydroxylation is 1. The number of benzene rings is 1. The number of hydrogen-bond donors (Lipinski definition) is 0. The molecule has 82 valence electrons. The topological polar surface area (TPSA) is 22.1 Å². The van der Waals surface area contributed by atoms with Crippen molar-refractivity contribution in [2.45, 2.75) is 6.92 Å². The fraction of sp³-hybridized carbons (Fsp3) is 0.0833. The lowest BCUT2D eigenvalue weighted by Crippen LogP contribution is -1.89. The minimum Gasteiger partial charge on any atom is -0.454 e. The molecule has 2 rings (SSSR count). The molecule has 0 saturated heterocycles. The summed E-state index contributed by atoms with van der Waals surface area (Å²) in [6.07, 6.45) is 1.63. The average molecular weight is 282 g/mol. The fourth-order valence-corrected chi connectivity index (χ4v) is 1.61. The Bertz CT molecular complexity index is 516. The van der Waals surface area contributed by atoms with Crippen molar-refractivity contribution in [3.63, 3.8) is 0 Å². The summed E-state index contributed by atoms with van der Waals surface area (Å²) in [5, 5.41) is 0. The summed E-state index contributed by atoms with van der Waals surface area (Å²) >= 11 is 3.27. The van der Waals surface area contributed by atoms with E-state index in [9.17, 15) is 4.39 Å². The highest BCUT2D eigenvalue weighted by Gasteiger charge is 2.05. The molecule has 0 saturated carbocycles. The molecule has 0 bridgehead atoms. The van der Waals surface area contributed by atoms with Crippen molar-refractivity contribution < 1.29 is 9.13 Å². The summed E-state index contributed by atoms with van der Waals surface area (Å²) < 4.78 is 19.6. The first-order chi connectivity index (χ1) is 7.65. The van der Waals surface area contributed by atoms with Crippen LogP contribution in [0.4, 0.5) is 4.39 Å². The van der Waals surface area contributed by atoms with Crippen molar-refractivity contribution >= 4 is 15.9 Å². The van der Waals surface area contributed by atoms with E-state index >= 15 is 0 Å². The van der Waals surface area contributed by atoms with Gasteiger partial charge in [-0.2, -0.15) is 0 Å². The monoisotopic (exact) mass is 281 g/mol. The molecule has 4 heteroatoms. The Kier molecular flexibility index (Phi) is 3.19. The van der Waals surface area contributed by atoms with Crippen LogP contribution in [0.5, 0.6) is 11.5 Å². The Morgan fingerprint density at radius 3 is 2.81 bits per heavy atom. The zero-order valence-electron chi connectivity index (χ0n) is 8.58. The standard InChI is InChI=1S/C12H9BrFNO/c1-8-6-10(4-5-15-8)16-12-7-9(13)2-3-11(12)14/h2-7H,1H3. The number of rotatable bonds is 2. The van der Waals surface area contributed by atoms with Crippen molar-refractivity contribution in [1.82, 2.24) is 4.98 Å². The minimum absolute atomic E-state index is 0.194. The van der Waals surface area contributed by atoms with Gasteiger partial charge in [-0.15, -0.1) is 0 Å². The van der Waals surface area contributed by atoms with E-state index in [1.165, 1.54) is 6.07 Å². The smallest absolute Gasteiger partial charge is 0.165 e. The molecule has 0 aliphatic heterocycles. The SMILES string of the molecule is Cc1cc(Oc2cc(Br)ccc2F)ccn1. The molecular weight excluding hydrogens is 273 g/mol. The zero-order chi connectivity index (χ0) is 11.5. The van der Waals surface area contributed by atoms with Gasteiger partial charge in [0.15, 0.2) is 11.6 Å². The van der Waals surface area contributed by atoms with Crippen molar-refractivity contribution in [2.24, 2.45) is 0 Å². The molecule has 2 aromatic rings. The van der Waals surface area contributed by atoms with Gasteiger partial charge in [0.2, 0.25) is 0 Å². The predicted molar refractivity (Wildman–Crippen MR) is 63.1 cm³/mol. The molecular formula is C12H9BrFNO. The van der Waals surface area contributed by atoms with Gasteiger partial charge >= 0.3 is 0 Å². The number of pyridine rings is 1. The van der Waals surface area contributed by atoms with Crippen LogP contribution >= 0.6 is 15.9 Å². The molecule has 1 aromatic heterocycles. The highest BCUT2D eigenvalue weighted by atomic mass is 79.9. The Morgan fingerprint density at radius 1 is 1.25 bits per heavy atom. The normalized spacial score (nSPS) is 10.2. The molecule has 1 heterocycles. The third kappa shape index (κ3) is 2.58. The predicted octanol–water partition coefficient (Wildman–Crippen LogP) is 4.08. The average Bonchev–Trinajstić information content (AvgIpc) is 2.24. The lowest BCUT2D eigenvalue weighted by atomic mass is 10.3. The molecule has 1 aromatic carbocycles. The molecule has 0 amide bonds. The van der Waals surface area contributed by atoms with Gasteiger partial charge in [-0.3, -0.25) is 4.98 Å². The van der Waals surface area contributed by atoms with Crippen LogP contribution in [-0.2, 0) is 0 Å². The van der Waals surface area contributed by atoms with Gasteiger partial charge in [0, 0.05) is 22.4 Å². The van der Waals surface area contributed by atoms with E-state index in [2.05, 4.69) is 20.9 Å². The minimum atomic E-state index is -0.391. The Labute approximate surface area is 101 Å². The number of hydrogen-bond acceptors (Lipinski definition) is 2. The summed E-state index contributed by atoms with van der Waals surface area (Å²) in [7, 11) is 0. The van der Waals surface area contributed by atoms with Crippen LogP contribution in [-0.4, -0.2) is 4.98 Å². The van der Waals surface area contributed by atoms with Gasteiger partial charge < -0.3 is 4.74 Å². The molecule has 0 spiro atoms. The lowest BCUT2D eigenvalue weighted by molar-refractivity contribution is 0.441. The second-order valence-electron chi connectivity index (χ2n) is 3.31. The molecule has 0 aliphatic rings. The first kappa shape index (κ1) is 11.1. The third-order valence-electron chi connectivity index (χ3n) is 1.99. The van der Waals surface area contributed by atoms with Crippen LogP contribution in [0.25, 0.3) is 0 Å². The van der Waals surface area contributed by atoms with E-state index in [1.807, 2.05) is 6.92 Å². The number of aromatic nitrogens is 1. The number of halogens is 2. The maximum atomic E-state index is 13.4. The highest BCUT2D eigenvalue weighted by molar-refractivity contribution is 9.10. The van der Waals surface area contributed by atoms with Gasteiger partial charge in [-0.25, -0.2) is 4.39 Å². The highest BCUT2D eigenvalue weighted by Crippen LogP contribution is 2.27. The first-order valence-electron chi connectivity index (χ1n) is 4.71. The van der Waals surface area contributed by atoms with Crippen LogP contribution in [0.1, 0.15) is 5.69 Å². The largest absolute Gasteiger partial charge is 0.454 e. The molecule has 2 nitrogen and oxygen atoms in total. The molecule has 0 fully saturated rings. The molecule has 0 radical (unpaired) electrons. The molecule has 0 atom stereocenters. The van der Waals surface area contributed by atoms with Crippen LogP contribution < -0.4 is 4.74 Å². The summed E-state index contributed by atoms with van der Waals surface area (Å²) in [5.41, 5.74) is 0.827. The second-order valence-corrected chi connectivity index (χ2v) is 4.23. The lowest BCUT2D eigenvalue weighted by Gasteiger charge is -2.07. The molecule has 0 unspecified atom stereocenters. The van der Waals surface area contributed by atoms with E-state index in [1.54, 1.807) is 30.5 Å². The zero-order valence-corrected chi connectivity index (χ0v) is 10.2. The molecule has 0 N–H and O–H groups in total. The Balaban J connectivity index is 2.30. The van der Waals surface area contributed by atoms with Crippen molar-refractivity contribution in [3.8, 4) is 11.5 Å². The van der Waals surface area contributed by atoms with E-state index < -0.39 is 5.82 Å². The Morgan fingerprint density at radius 2 is 2.06 bits per heavy atom. The van der Waals surface area contributed by atoms with E-state index in [-0.39, 0.29) is 5.75 Å². The van der Waals surface area contributed by atoms with Crippen LogP contribution in [0.2, 0.25) is 0 Å². The maximum Gasteiger partial charge on any atom is 0.165 e. The number of ether oxygens (including phenoxy) is 1. The summed E-state index contributed by atoms with van der Waals surface area (Å²) in [6, 6.07) is 8.01. The molecule has 16 heavy (non-hydrogen) atoms. The number of nitrogens with zero attached hydrogens (tertiary/aromatic N) is 1. The van der Waals surface area contributed by atoms with Crippen LogP contribution in [0, 0.1) is 12.7 Å². The van der Waals surface area contributed by atoms with Gasteiger partial charge in [-0.05, 0) is 31.2 Å². The summed E-state index contributed by atoms with van der Waals surface area (Å²) in [4.78, 5) is 4.04. The van der Waals surface area contributed by atoms with Crippen LogP contribution in [0.15, 0.2) is 41.0 Å². The van der Waals surface area contributed by atoms with E-state index in [0.717, 1.165) is 10.2 Å². The van der Waals surface area contributed by atoms with Crippen molar-refractivity contribution in [2.75, 3.05) is 0 Å². The van der Waals surface area contributed by atoms with Crippen molar-refractivity contribution in [3.05, 3.63) is 52.5 Å². The van der Waals surface area contributed by atoms with Crippen LogP contribution in [0.3, 0.4) is 0 Å². The van der Waals surface area contributed by atoms with E-state index in [0.29, 0.717) is 5.75 Å². The summed E-state index contributed by atoms with van der Waals surface area (Å²) in [6.45, 7) is 1.85. The van der Waals surface area contributed by atoms with Gasteiger partial charge in [0.05, 0.1) is 0 Å². The summed E-state index contributed by atoms with van der Waals surface area (Å²) in [5.74, 6) is 0.377. The first-order valence-corrected chi connectivity index (χ1v) is 5.50. The Hall–Kier alpha value is -1.42. The fourth-order valence-electron chi connectivity index (χ4n) is 1.27. The van der Waals surface area contributed by atoms with Gasteiger partial charge in [0.25, 0.3) is 0 Å². The third-order valence-corrected chi connectivity index (χ3v) is 2.48. The second kappa shape index (κ2) is 4.61. The van der Waals surface area contributed by atoms with Gasteiger partial charge in [-0.1, -0.05) is 15.9 Å². The van der Waals surface area contributed by atoms with Gasteiger partial charge in [0.1, 0.15) is 5.75 Å². The van der Waals surface area contributed by atoms with E-state index in [4.69, 9.17) is 4.74 Å². The van der Waals surface area contributed by atoms with Crippen molar-refractivity contribution in [1.29, 1.82) is 0 Å². The quantitative estimate of drug-likeness (QED) is 0.827. The molecule has 0 aliphatic carbocycles.